The molecule has 1 rings (SSSR count). The number of nitrogens with two attached hydrogens (primary N) is 1. The van der Waals surface area contributed by atoms with E-state index in [9.17, 15) is 4.79 Å². The van der Waals surface area contributed by atoms with Crippen molar-refractivity contribution in [3.05, 3.63) is 29.8 Å². The maximum atomic E-state index is 11.5. The molecule has 0 amide bonds. The number of hydrogen-bond acceptors (Lipinski definition) is 4. The average molecular weight is 239 g/mol. The van der Waals surface area contributed by atoms with Crippen LogP contribution in [0.1, 0.15) is 12.0 Å². The monoisotopic (exact) mass is 239 g/mol. The molecule has 1 atom stereocenters. The summed E-state index contributed by atoms with van der Waals surface area (Å²) in [5.41, 5.74) is 6.82. The number of thioether (sulfide) groups is 1. The van der Waals surface area contributed by atoms with Crippen LogP contribution in [0.15, 0.2) is 24.3 Å². The maximum Gasteiger partial charge on any atom is 0.328 e. The minimum atomic E-state index is -0.534. The summed E-state index contributed by atoms with van der Waals surface area (Å²) in [6.45, 7) is 1.98. The second-order valence-electron chi connectivity index (χ2n) is 3.62. The molecule has 0 aliphatic carbocycles. The Bertz CT molecular complexity index is 337. The molecule has 1 aromatic carbocycles. The van der Waals surface area contributed by atoms with Crippen LogP contribution in [0.25, 0.3) is 0 Å². The molecule has 2 N–H and O–H groups in total. The van der Waals surface area contributed by atoms with Gasteiger partial charge in [0.1, 0.15) is 11.8 Å². The predicted molar refractivity (Wildman–Crippen MR) is 67.8 cm³/mol. The van der Waals surface area contributed by atoms with Gasteiger partial charge in [-0.15, -0.1) is 0 Å². The van der Waals surface area contributed by atoms with Crippen LogP contribution in [0.2, 0.25) is 0 Å². The highest BCUT2D eigenvalue weighted by Gasteiger charge is 2.15. The van der Waals surface area contributed by atoms with Gasteiger partial charge in [-0.2, -0.15) is 11.8 Å². The van der Waals surface area contributed by atoms with Crippen molar-refractivity contribution >= 4 is 17.7 Å². The predicted octanol–water partition coefficient (Wildman–Crippen LogP) is 1.98. The van der Waals surface area contributed by atoms with Crippen molar-refractivity contribution < 1.29 is 9.53 Å². The van der Waals surface area contributed by atoms with Gasteiger partial charge in [0, 0.05) is 0 Å². The molecule has 0 aromatic heterocycles. The number of ether oxygens (including phenoxy) is 1. The summed E-state index contributed by atoms with van der Waals surface area (Å²) in [5, 5.41) is 0. The summed E-state index contributed by atoms with van der Waals surface area (Å²) >= 11 is 1.67. The van der Waals surface area contributed by atoms with Crippen molar-refractivity contribution in [3.8, 4) is 5.75 Å². The molecule has 0 aliphatic rings. The van der Waals surface area contributed by atoms with E-state index in [4.69, 9.17) is 10.5 Å². The molecule has 0 aliphatic heterocycles. The van der Waals surface area contributed by atoms with Gasteiger partial charge in [-0.05, 0) is 37.5 Å². The van der Waals surface area contributed by atoms with Crippen LogP contribution in [0, 0.1) is 6.92 Å². The molecule has 0 unspecified atom stereocenters. The van der Waals surface area contributed by atoms with Crippen LogP contribution in [-0.2, 0) is 4.79 Å². The Labute approximate surface area is 100 Å². The van der Waals surface area contributed by atoms with Crippen LogP contribution in [0.3, 0.4) is 0 Å². The number of carbonyl (C=O) groups excluding carboxylic acids is 1. The quantitative estimate of drug-likeness (QED) is 0.630. The first-order chi connectivity index (χ1) is 7.63. The Hall–Kier alpha value is -1.00. The molecule has 3 nitrogen and oxygen atoms in total. The van der Waals surface area contributed by atoms with E-state index in [1.807, 2.05) is 25.3 Å². The number of esters is 1. The summed E-state index contributed by atoms with van der Waals surface area (Å²) in [6, 6.07) is 6.81. The number of carbonyl (C=O) groups is 1. The first-order valence-corrected chi connectivity index (χ1v) is 6.55. The third-order valence-corrected chi connectivity index (χ3v) is 2.82. The largest absolute Gasteiger partial charge is 0.425 e. The van der Waals surface area contributed by atoms with E-state index in [1.165, 1.54) is 0 Å². The lowest BCUT2D eigenvalue weighted by atomic mass is 10.2. The molecule has 0 fully saturated rings. The van der Waals surface area contributed by atoms with E-state index >= 15 is 0 Å². The summed E-state index contributed by atoms with van der Waals surface area (Å²) in [6.07, 6.45) is 2.63. The van der Waals surface area contributed by atoms with Crippen LogP contribution in [-0.4, -0.2) is 24.0 Å². The molecule has 1 aromatic rings. The second-order valence-corrected chi connectivity index (χ2v) is 4.61. The highest BCUT2D eigenvalue weighted by molar-refractivity contribution is 7.98. The van der Waals surface area contributed by atoms with Gasteiger partial charge < -0.3 is 10.5 Å². The molecule has 0 radical (unpaired) electrons. The number of benzene rings is 1. The third kappa shape index (κ3) is 4.24. The normalized spacial score (nSPS) is 12.2. The van der Waals surface area contributed by atoms with Gasteiger partial charge in [-0.3, -0.25) is 0 Å². The Morgan fingerprint density at radius 1 is 1.44 bits per heavy atom. The molecule has 0 saturated carbocycles. The van der Waals surface area contributed by atoms with E-state index in [-0.39, 0.29) is 5.97 Å². The third-order valence-electron chi connectivity index (χ3n) is 2.18. The van der Waals surface area contributed by atoms with E-state index in [1.54, 1.807) is 23.9 Å². The van der Waals surface area contributed by atoms with Crippen molar-refractivity contribution in [1.29, 1.82) is 0 Å². The van der Waals surface area contributed by atoms with E-state index in [0.717, 1.165) is 11.3 Å². The van der Waals surface area contributed by atoms with Gasteiger partial charge >= 0.3 is 5.97 Å². The lowest BCUT2D eigenvalue weighted by molar-refractivity contribution is -0.135. The average Bonchev–Trinajstić information content (AvgIpc) is 2.29. The first kappa shape index (κ1) is 13.1. The highest BCUT2D eigenvalue weighted by Crippen LogP contribution is 2.12. The molecular formula is C12H17NO2S. The molecule has 0 spiro atoms. The standard InChI is InChI=1S/C12H17NO2S/c1-9-3-5-10(6-4-9)15-12(14)11(13)7-8-16-2/h3-6,11H,7-8,13H2,1-2H3/t11-/m0/s1. The summed E-state index contributed by atoms with van der Waals surface area (Å²) in [5.74, 6) is 1.05. The van der Waals surface area contributed by atoms with Crippen molar-refractivity contribution in [2.75, 3.05) is 12.0 Å². The topological polar surface area (TPSA) is 52.3 Å². The van der Waals surface area contributed by atoms with Crippen molar-refractivity contribution in [2.24, 2.45) is 5.73 Å². The summed E-state index contributed by atoms with van der Waals surface area (Å²) < 4.78 is 5.16. The van der Waals surface area contributed by atoms with Crippen LogP contribution >= 0.6 is 11.8 Å². The fourth-order valence-electron chi connectivity index (χ4n) is 1.16. The Kier molecular flexibility index (Phi) is 5.35. The van der Waals surface area contributed by atoms with E-state index in [2.05, 4.69) is 0 Å². The lowest BCUT2D eigenvalue weighted by Crippen LogP contribution is -2.34. The van der Waals surface area contributed by atoms with E-state index in [0.29, 0.717) is 12.2 Å². The Morgan fingerprint density at radius 3 is 2.62 bits per heavy atom. The van der Waals surface area contributed by atoms with Gasteiger partial charge in [-0.25, -0.2) is 4.79 Å². The minimum Gasteiger partial charge on any atom is -0.425 e. The summed E-state index contributed by atoms with van der Waals surface area (Å²) in [7, 11) is 0. The molecular weight excluding hydrogens is 222 g/mol. The minimum absolute atomic E-state index is 0.363. The molecule has 88 valence electrons. The number of aryl methyl sites for hydroxylation is 1. The molecule has 0 bridgehead atoms. The Morgan fingerprint density at radius 2 is 2.06 bits per heavy atom. The molecule has 0 heterocycles. The maximum absolute atomic E-state index is 11.5. The highest BCUT2D eigenvalue weighted by atomic mass is 32.2. The number of rotatable bonds is 5. The fourth-order valence-corrected chi connectivity index (χ4v) is 1.65. The van der Waals surface area contributed by atoms with Gasteiger partial charge in [0.2, 0.25) is 0 Å². The molecule has 16 heavy (non-hydrogen) atoms. The molecule has 4 heteroatoms. The zero-order chi connectivity index (χ0) is 12.0. The Balaban J connectivity index is 2.47. The smallest absolute Gasteiger partial charge is 0.328 e. The van der Waals surface area contributed by atoms with Crippen molar-refractivity contribution in [1.82, 2.24) is 0 Å². The number of hydrogen-bond donors (Lipinski definition) is 1. The fraction of sp³-hybridized carbons (Fsp3) is 0.417. The first-order valence-electron chi connectivity index (χ1n) is 5.16. The lowest BCUT2D eigenvalue weighted by Gasteiger charge is -2.10. The summed E-state index contributed by atoms with van der Waals surface area (Å²) in [4.78, 5) is 11.5. The van der Waals surface area contributed by atoms with Gasteiger partial charge in [-0.1, -0.05) is 17.7 Å². The van der Waals surface area contributed by atoms with Gasteiger partial charge in [0.05, 0.1) is 0 Å². The van der Waals surface area contributed by atoms with E-state index < -0.39 is 6.04 Å². The van der Waals surface area contributed by atoms with Crippen LogP contribution in [0.5, 0.6) is 5.75 Å². The zero-order valence-electron chi connectivity index (χ0n) is 9.60. The SMILES string of the molecule is CSCC[C@H](N)C(=O)Oc1ccc(C)cc1. The van der Waals surface area contributed by atoms with Crippen molar-refractivity contribution in [3.63, 3.8) is 0 Å². The van der Waals surface area contributed by atoms with Gasteiger partial charge in [0.25, 0.3) is 0 Å². The second kappa shape index (κ2) is 6.55. The molecule has 0 saturated heterocycles. The van der Waals surface area contributed by atoms with Gasteiger partial charge in [0.15, 0.2) is 0 Å². The van der Waals surface area contributed by atoms with Crippen molar-refractivity contribution in [2.45, 2.75) is 19.4 Å². The van der Waals surface area contributed by atoms with Crippen LogP contribution < -0.4 is 10.5 Å². The van der Waals surface area contributed by atoms with Crippen LogP contribution in [0.4, 0.5) is 0 Å². The zero-order valence-corrected chi connectivity index (χ0v) is 10.4.